The van der Waals surface area contributed by atoms with Crippen LogP contribution in [0.3, 0.4) is 0 Å². The maximum atomic E-state index is 11.4. The molecule has 0 aromatic carbocycles. The van der Waals surface area contributed by atoms with E-state index in [0.717, 1.165) is 0 Å². The van der Waals surface area contributed by atoms with E-state index >= 15 is 0 Å². The van der Waals surface area contributed by atoms with Crippen LogP contribution in [0.15, 0.2) is 18.5 Å². The molecule has 0 radical (unpaired) electrons. The second-order valence-electron chi connectivity index (χ2n) is 3.42. The number of nitrogens with one attached hydrogen (secondary N) is 1. The first-order valence-corrected chi connectivity index (χ1v) is 5.62. The molecule has 94 valence electrons. The van der Waals surface area contributed by atoms with Crippen molar-refractivity contribution in [3.8, 4) is 0 Å². The van der Waals surface area contributed by atoms with Crippen molar-refractivity contribution in [1.29, 1.82) is 0 Å². The first-order valence-electron chi connectivity index (χ1n) is 5.62. The molecule has 0 aliphatic carbocycles. The summed E-state index contributed by atoms with van der Waals surface area (Å²) in [4.78, 5) is 22.4. The molecule has 6 nitrogen and oxygen atoms in total. The predicted octanol–water partition coefficient (Wildman–Crippen LogP) is 0.343. The van der Waals surface area contributed by atoms with E-state index in [9.17, 15) is 9.59 Å². The fraction of sp³-hybridized carbons (Fsp3) is 0.545. The molecule has 0 aliphatic rings. The highest BCUT2D eigenvalue weighted by molar-refractivity contribution is 5.76. The van der Waals surface area contributed by atoms with Gasteiger partial charge in [-0.15, -0.1) is 0 Å². The van der Waals surface area contributed by atoms with Crippen LogP contribution in [0, 0.1) is 0 Å². The Hall–Kier alpha value is -1.85. The molecular formula is C11H17N3O3. The maximum Gasteiger partial charge on any atom is 0.307 e. The molecule has 0 bridgehead atoms. The molecule has 1 rings (SSSR count). The fourth-order valence-electron chi connectivity index (χ4n) is 1.27. The van der Waals surface area contributed by atoms with Gasteiger partial charge in [0.25, 0.3) is 0 Å². The van der Waals surface area contributed by atoms with E-state index in [0.29, 0.717) is 26.1 Å². The minimum Gasteiger partial charge on any atom is -0.466 e. The Morgan fingerprint density at radius 2 is 2.24 bits per heavy atom. The van der Waals surface area contributed by atoms with Crippen LogP contribution < -0.4 is 5.32 Å². The number of carbonyl (C=O) groups is 2. The van der Waals surface area contributed by atoms with Gasteiger partial charge in [-0.3, -0.25) is 14.3 Å². The van der Waals surface area contributed by atoms with Crippen molar-refractivity contribution in [2.75, 3.05) is 13.2 Å². The van der Waals surface area contributed by atoms with Crippen molar-refractivity contribution < 1.29 is 14.3 Å². The van der Waals surface area contributed by atoms with E-state index in [1.54, 1.807) is 30.1 Å². The number of aryl methyl sites for hydroxylation is 1. The van der Waals surface area contributed by atoms with Crippen LogP contribution in [-0.4, -0.2) is 34.8 Å². The lowest BCUT2D eigenvalue weighted by atomic mass is 10.3. The van der Waals surface area contributed by atoms with Crippen LogP contribution in [0.2, 0.25) is 0 Å². The first kappa shape index (κ1) is 13.2. The molecule has 1 aromatic rings. The van der Waals surface area contributed by atoms with Crippen molar-refractivity contribution >= 4 is 11.9 Å². The third kappa shape index (κ3) is 5.70. The number of hydrogen-bond donors (Lipinski definition) is 1. The second kappa shape index (κ2) is 7.43. The predicted molar refractivity (Wildman–Crippen MR) is 61.1 cm³/mol. The number of amides is 1. The number of ether oxygens (including phenoxy) is 1. The van der Waals surface area contributed by atoms with Crippen LogP contribution in [-0.2, 0) is 20.9 Å². The molecule has 0 spiro atoms. The van der Waals surface area contributed by atoms with E-state index in [1.807, 2.05) is 0 Å². The summed E-state index contributed by atoms with van der Waals surface area (Å²) in [5, 5.41) is 6.64. The first-order chi connectivity index (χ1) is 8.22. The standard InChI is InChI=1S/C11H17N3O3/c1-2-17-11(16)4-7-12-10(15)5-9-14-8-3-6-13-14/h3,6,8H,2,4-5,7,9H2,1H3,(H,12,15). The average molecular weight is 239 g/mol. The molecule has 1 aromatic heterocycles. The Labute approximate surface area is 99.9 Å². The third-order valence-corrected chi connectivity index (χ3v) is 2.08. The Kier molecular flexibility index (Phi) is 5.77. The zero-order chi connectivity index (χ0) is 12.5. The van der Waals surface area contributed by atoms with Gasteiger partial charge in [0.15, 0.2) is 0 Å². The summed E-state index contributed by atoms with van der Waals surface area (Å²) >= 11 is 0. The van der Waals surface area contributed by atoms with Gasteiger partial charge in [-0.25, -0.2) is 0 Å². The zero-order valence-corrected chi connectivity index (χ0v) is 9.89. The molecule has 0 saturated heterocycles. The summed E-state index contributed by atoms with van der Waals surface area (Å²) in [6.07, 6.45) is 4.02. The lowest BCUT2D eigenvalue weighted by Crippen LogP contribution is -2.27. The summed E-state index contributed by atoms with van der Waals surface area (Å²) in [5.41, 5.74) is 0. The summed E-state index contributed by atoms with van der Waals surface area (Å²) in [6, 6.07) is 1.80. The lowest BCUT2D eigenvalue weighted by Gasteiger charge is -2.05. The summed E-state index contributed by atoms with van der Waals surface area (Å²) in [7, 11) is 0. The van der Waals surface area contributed by atoms with Gasteiger partial charge < -0.3 is 10.1 Å². The summed E-state index contributed by atoms with van der Waals surface area (Å²) in [5.74, 6) is -0.385. The Morgan fingerprint density at radius 1 is 1.41 bits per heavy atom. The van der Waals surface area contributed by atoms with Gasteiger partial charge in [0, 0.05) is 31.9 Å². The fourth-order valence-corrected chi connectivity index (χ4v) is 1.27. The van der Waals surface area contributed by atoms with Gasteiger partial charge in [0.1, 0.15) is 0 Å². The Balaban J connectivity index is 2.07. The highest BCUT2D eigenvalue weighted by Gasteiger charge is 2.04. The van der Waals surface area contributed by atoms with E-state index < -0.39 is 0 Å². The molecular weight excluding hydrogens is 222 g/mol. The summed E-state index contributed by atoms with van der Waals surface area (Å²) < 4.78 is 6.42. The molecule has 0 atom stereocenters. The van der Waals surface area contributed by atoms with Gasteiger partial charge in [0.2, 0.25) is 5.91 Å². The van der Waals surface area contributed by atoms with Crippen molar-refractivity contribution in [2.45, 2.75) is 26.3 Å². The van der Waals surface area contributed by atoms with Crippen LogP contribution in [0.5, 0.6) is 0 Å². The monoisotopic (exact) mass is 239 g/mol. The Bertz CT molecular complexity index is 349. The van der Waals surface area contributed by atoms with Crippen LogP contribution in [0.4, 0.5) is 0 Å². The van der Waals surface area contributed by atoms with E-state index in [2.05, 4.69) is 10.4 Å². The smallest absolute Gasteiger partial charge is 0.307 e. The molecule has 6 heteroatoms. The largest absolute Gasteiger partial charge is 0.466 e. The van der Waals surface area contributed by atoms with Gasteiger partial charge in [-0.1, -0.05) is 0 Å². The quantitative estimate of drug-likeness (QED) is 0.696. The number of esters is 1. The highest BCUT2D eigenvalue weighted by atomic mass is 16.5. The molecule has 1 amide bonds. The van der Waals surface area contributed by atoms with Crippen molar-refractivity contribution in [3.63, 3.8) is 0 Å². The van der Waals surface area contributed by atoms with E-state index in [4.69, 9.17) is 4.74 Å². The van der Waals surface area contributed by atoms with E-state index in [1.165, 1.54) is 0 Å². The number of rotatable bonds is 7. The number of carbonyl (C=O) groups excluding carboxylic acids is 2. The normalized spacial score (nSPS) is 9.94. The lowest BCUT2D eigenvalue weighted by molar-refractivity contribution is -0.143. The van der Waals surface area contributed by atoms with Crippen molar-refractivity contribution in [3.05, 3.63) is 18.5 Å². The van der Waals surface area contributed by atoms with Crippen molar-refractivity contribution in [2.24, 2.45) is 0 Å². The summed E-state index contributed by atoms with van der Waals surface area (Å²) in [6.45, 7) is 2.97. The molecule has 1 N–H and O–H groups in total. The molecule has 0 saturated carbocycles. The molecule has 0 aliphatic heterocycles. The molecule has 17 heavy (non-hydrogen) atoms. The van der Waals surface area contributed by atoms with E-state index in [-0.39, 0.29) is 18.3 Å². The van der Waals surface area contributed by atoms with Gasteiger partial charge in [-0.2, -0.15) is 5.10 Å². The molecule has 0 unspecified atom stereocenters. The average Bonchev–Trinajstić information content (AvgIpc) is 2.79. The molecule has 0 fully saturated rings. The number of nitrogens with zero attached hydrogens (tertiary/aromatic N) is 2. The zero-order valence-electron chi connectivity index (χ0n) is 9.89. The third-order valence-electron chi connectivity index (χ3n) is 2.08. The minimum absolute atomic E-state index is 0.0928. The van der Waals surface area contributed by atoms with Crippen LogP contribution >= 0.6 is 0 Å². The maximum absolute atomic E-state index is 11.4. The highest BCUT2D eigenvalue weighted by Crippen LogP contribution is 1.90. The SMILES string of the molecule is CCOC(=O)CCNC(=O)CCn1cccn1. The number of hydrogen-bond acceptors (Lipinski definition) is 4. The van der Waals surface area contributed by atoms with Crippen molar-refractivity contribution in [1.82, 2.24) is 15.1 Å². The second-order valence-corrected chi connectivity index (χ2v) is 3.42. The topological polar surface area (TPSA) is 73.2 Å². The Morgan fingerprint density at radius 3 is 2.88 bits per heavy atom. The van der Waals surface area contributed by atoms with Gasteiger partial charge in [-0.05, 0) is 13.0 Å². The molecule has 1 heterocycles. The number of aromatic nitrogens is 2. The minimum atomic E-state index is -0.292. The van der Waals surface area contributed by atoms with Crippen LogP contribution in [0.1, 0.15) is 19.8 Å². The van der Waals surface area contributed by atoms with Crippen LogP contribution in [0.25, 0.3) is 0 Å². The van der Waals surface area contributed by atoms with Gasteiger partial charge >= 0.3 is 5.97 Å². The van der Waals surface area contributed by atoms with Gasteiger partial charge in [0.05, 0.1) is 13.0 Å².